The largest absolute Gasteiger partial charge is 0.370 e. The monoisotopic (exact) mass is 306 g/mol. The number of hydrogen-bond acceptors (Lipinski definition) is 5. The van der Waals surface area contributed by atoms with Gasteiger partial charge in [0.2, 0.25) is 11.9 Å². The number of imidazole rings is 1. The summed E-state index contributed by atoms with van der Waals surface area (Å²) in [6.45, 7) is 0. The van der Waals surface area contributed by atoms with Crippen LogP contribution in [0.3, 0.4) is 0 Å². The van der Waals surface area contributed by atoms with Gasteiger partial charge in [-0.2, -0.15) is 4.98 Å². The van der Waals surface area contributed by atoms with E-state index in [0.717, 1.165) is 11.3 Å². The number of H-pyrrole nitrogens is 1. The van der Waals surface area contributed by atoms with Gasteiger partial charge in [-0.05, 0) is 30.0 Å². The lowest BCUT2D eigenvalue weighted by atomic mass is 10.1. The summed E-state index contributed by atoms with van der Waals surface area (Å²) < 4.78 is 0. The molecule has 4 N–H and O–H groups in total. The third-order valence-electron chi connectivity index (χ3n) is 3.27. The maximum absolute atomic E-state index is 10.9. The Morgan fingerprint density at radius 3 is 3.04 bits per heavy atom. The van der Waals surface area contributed by atoms with E-state index in [-0.39, 0.29) is 5.91 Å². The number of anilines is 2. The first kappa shape index (κ1) is 14.5. The van der Waals surface area contributed by atoms with Crippen molar-refractivity contribution in [2.45, 2.75) is 12.8 Å². The maximum atomic E-state index is 10.9. The molecule has 114 valence electrons. The molecule has 0 aliphatic rings. The van der Waals surface area contributed by atoms with Crippen LogP contribution in [0.25, 0.3) is 11.2 Å². The summed E-state index contributed by atoms with van der Waals surface area (Å²) in [5.74, 6) is 2.55. The van der Waals surface area contributed by atoms with Crippen LogP contribution in [0.4, 0.5) is 11.6 Å². The molecule has 0 aliphatic carbocycles. The average molecular weight is 306 g/mol. The Labute approximate surface area is 132 Å². The number of rotatable bonds is 5. The minimum Gasteiger partial charge on any atom is -0.370 e. The van der Waals surface area contributed by atoms with Crippen LogP contribution in [0, 0.1) is 12.3 Å². The van der Waals surface area contributed by atoms with E-state index < -0.39 is 0 Å². The number of aryl methyl sites for hydroxylation is 1. The predicted molar refractivity (Wildman–Crippen MR) is 86.9 cm³/mol. The first-order valence-corrected chi connectivity index (χ1v) is 6.97. The van der Waals surface area contributed by atoms with Gasteiger partial charge in [-0.15, -0.1) is 6.42 Å². The number of carbonyl (C=O) groups is 1. The van der Waals surface area contributed by atoms with Gasteiger partial charge in [-0.25, -0.2) is 9.97 Å². The lowest BCUT2D eigenvalue weighted by Gasteiger charge is -2.07. The van der Waals surface area contributed by atoms with E-state index in [1.165, 1.54) is 6.33 Å². The van der Waals surface area contributed by atoms with Crippen molar-refractivity contribution in [2.24, 2.45) is 5.73 Å². The van der Waals surface area contributed by atoms with E-state index in [0.29, 0.717) is 35.6 Å². The highest BCUT2D eigenvalue weighted by atomic mass is 16.1. The van der Waals surface area contributed by atoms with Crippen molar-refractivity contribution in [3.63, 3.8) is 0 Å². The van der Waals surface area contributed by atoms with Crippen LogP contribution in [0.1, 0.15) is 17.7 Å². The Balaban J connectivity index is 1.86. The molecule has 23 heavy (non-hydrogen) atoms. The zero-order valence-electron chi connectivity index (χ0n) is 12.2. The highest BCUT2D eigenvalue weighted by Gasteiger charge is 2.08. The van der Waals surface area contributed by atoms with Gasteiger partial charge >= 0.3 is 0 Å². The van der Waals surface area contributed by atoms with Crippen LogP contribution >= 0.6 is 0 Å². The van der Waals surface area contributed by atoms with Crippen LogP contribution < -0.4 is 11.1 Å². The van der Waals surface area contributed by atoms with Crippen molar-refractivity contribution in [1.82, 2.24) is 19.9 Å². The average Bonchev–Trinajstić information content (AvgIpc) is 3.01. The van der Waals surface area contributed by atoms with Gasteiger partial charge in [-0.3, -0.25) is 4.79 Å². The molecule has 0 saturated heterocycles. The van der Waals surface area contributed by atoms with Gasteiger partial charge < -0.3 is 16.0 Å². The van der Waals surface area contributed by atoms with Crippen LogP contribution in [0.2, 0.25) is 0 Å². The van der Waals surface area contributed by atoms with E-state index >= 15 is 0 Å². The number of benzene rings is 1. The molecule has 2 heterocycles. The van der Waals surface area contributed by atoms with Crippen molar-refractivity contribution >= 4 is 28.7 Å². The second-order valence-electron chi connectivity index (χ2n) is 4.93. The van der Waals surface area contributed by atoms with Gasteiger partial charge in [0.05, 0.1) is 6.33 Å². The number of hydrogen-bond donors (Lipinski definition) is 3. The molecule has 3 aromatic rings. The molecule has 0 bridgehead atoms. The summed E-state index contributed by atoms with van der Waals surface area (Å²) >= 11 is 0. The van der Waals surface area contributed by atoms with Gasteiger partial charge in [0, 0.05) is 12.1 Å². The number of nitrogens with two attached hydrogens (primary N) is 1. The zero-order chi connectivity index (χ0) is 16.2. The second-order valence-corrected chi connectivity index (χ2v) is 4.93. The van der Waals surface area contributed by atoms with Gasteiger partial charge in [0.15, 0.2) is 5.65 Å². The molecule has 1 aromatic carbocycles. The summed E-state index contributed by atoms with van der Waals surface area (Å²) in [6, 6.07) is 7.60. The van der Waals surface area contributed by atoms with Crippen LogP contribution in [0.15, 0.2) is 30.6 Å². The van der Waals surface area contributed by atoms with Crippen molar-refractivity contribution in [1.29, 1.82) is 0 Å². The Hall–Kier alpha value is -3.40. The molecule has 0 aliphatic heterocycles. The van der Waals surface area contributed by atoms with E-state index in [4.69, 9.17) is 12.2 Å². The molecule has 0 spiro atoms. The summed E-state index contributed by atoms with van der Waals surface area (Å²) in [7, 11) is 0. The molecule has 3 rings (SSSR count). The molecule has 0 atom stereocenters. The second kappa shape index (κ2) is 6.15. The quantitative estimate of drug-likeness (QED) is 0.619. The minimum atomic E-state index is -0.325. The van der Waals surface area contributed by atoms with E-state index in [9.17, 15) is 4.79 Å². The first-order chi connectivity index (χ1) is 11.2. The Kier molecular flexibility index (Phi) is 3.89. The standard InChI is InChI=1S/C16H14N6O/c1-2-12-14-15(19-9-18-14)22-16(21-12)20-11-5-3-4-10(8-11)6-7-13(17)23/h1,3-5,8-9H,6-7H2,(H2,17,23)(H2,18,19,20,21,22). The molecule has 0 unspecified atom stereocenters. The molecule has 7 nitrogen and oxygen atoms in total. The SMILES string of the molecule is C#Cc1nc(Nc2cccc(CCC(N)=O)c2)nc2nc[nH]c12. The molecular weight excluding hydrogens is 292 g/mol. The Morgan fingerprint density at radius 1 is 1.39 bits per heavy atom. The summed E-state index contributed by atoms with van der Waals surface area (Å²) in [5, 5.41) is 3.10. The van der Waals surface area contributed by atoms with Crippen LogP contribution in [-0.4, -0.2) is 25.8 Å². The predicted octanol–water partition coefficient (Wildman–Crippen LogP) is 1.50. The smallest absolute Gasteiger partial charge is 0.230 e. The minimum absolute atomic E-state index is 0.306. The number of amides is 1. The molecule has 0 fully saturated rings. The molecule has 1 amide bonds. The van der Waals surface area contributed by atoms with Crippen molar-refractivity contribution in [3.05, 3.63) is 41.9 Å². The maximum Gasteiger partial charge on any atom is 0.230 e. The fourth-order valence-electron chi connectivity index (χ4n) is 2.19. The van der Waals surface area contributed by atoms with Gasteiger partial charge in [0.25, 0.3) is 0 Å². The number of aromatic nitrogens is 4. The third-order valence-corrected chi connectivity index (χ3v) is 3.27. The summed E-state index contributed by atoms with van der Waals surface area (Å²) in [4.78, 5) is 26.5. The topological polar surface area (TPSA) is 110 Å². The molecular formula is C16H14N6O. The summed E-state index contributed by atoms with van der Waals surface area (Å²) in [5.41, 5.74) is 8.54. The van der Waals surface area contributed by atoms with Crippen molar-refractivity contribution < 1.29 is 4.79 Å². The molecule has 7 heteroatoms. The number of terminal acetylenes is 1. The Bertz CT molecular complexity index is 908. The third kappa shape index (κ3) is 3.27. The van der Waals surface area contributed by atoms with Crippen LogP contribution in [0.5, 0.6) is 0 Å². The number of carbonyl (C=O) groups excluding carboxylic acids is 1. The number of aromatic amines is 1. The van der Waals surface area contributed by atoms with Gasteiger partial charge in [0.1, 0.15) is 11.2 Å². The zero-order valence-corrected chi connectivity index (χ0v) is 12.2. The first-order valence-electron chi connectivity index (χ1n) is 6.97. The fourth-order valence-corrected chi connectivity index (χ4v) is 2.19. The van der Waals surface area contributed by atoms with E-state index in [2.05, 4.69) is 31.2 Å². The number of nitrogens with zero attached hydrogens (tertiary/aromatic N) is 3. The molecule has 0 saturated carbocycles. The van der Waals surface area contributed by atoms with E-state index in [1.807, 2.05) is 24.3 Å². The van der Waals surface area contributed by atoms with Gasteiger partial charge in [-0.1, -0.05) is 12.1 Å². The van der Waals surface area contributed by atoms with E-state index in [1.54, 1.807) is 0 Å². The summed E-state index contributed by atoms with van der Waals surface area (Å²) in [6.07, 6.45) is 7.88. The molecule has 0 radical (unpaired) electrons. The lowest BCUT2D eigenvalue weighted by Crippen LogP contribution is -2.11. The Morgan fingerprint density at radius 2 is 2.26 bits per heavy atom. The van der Waals surface area contributed by atoms with Crippen molar-refractivity contribution in [3.8, 4) is 12.3 Å². The number of nitrogens with one attached hydrogen (secondary N) is 2. The highest BCUT2D eigenvalue weighted by molar-refractivity contribution is 5.77. The molecule has 2 aromatic heterocycles. The van der Waals surface area contributed by atoms with Crippen LogP contribution in [-0.2, 0) is 11.2 Å². The number of fused-ring (bicyclic) bond motifs is 1. The highest BCUT2D eigenvalue weighted by Crippen LogP contribution is 2.18. The lowest BCUT2D eigenvalue weighted by molar-refractivity contribution is -0.117. The van der Waals surface area contributed by atoms with Crippen molar-refractivity contribution in [2.75, 3.05) is 5.32 Å². The fraction of sp³-hybridized carbons (Fsp3) is 0.125. The normalized spacial score (nSPS) is 10.4. The number of primary amides is 1.